The molecule has 4 rings (SSSR count). The molecule has 3 aliphatic rings. The van der Waals surface area contributed by atoms with Crippen LogP contribution in [0.5, 0.6) is 0 Å². The van der Waals surface area contributed by atoms with Crippen molar-refractivity contribution in [1.29, 1.82) is 0 Å². The summed E-state index contributed by atoms with van der Waals surface area (Å²) >= 11 is 1.89. The second-order valence-corrected chi connectivity index (χ2v) is 10.3. The number of ether oxygens (including phenoxy) is 2. The van der Waals surface area contributed by atoms with Gasteiger partial charge in [0, 0.05) is 53.4 Å². The van der Waals surface area contributed by atoms with Crippen molar-refractivity contribution in [3.63, 3.8) is 0 Å². The lowest BCUT2D eigenvalue weighted by molar-refractivity contribution is -0.106. The van der Waals surface area contributed by atoms with E-state index in [2.05, 4.69) is 55.4 Å². The molecule has 1 aliphatic carbocycles. The molecular formula is C22H37IN4O2S. The maximum atomic E-state index is 5.96. The van der Waals surface area contributed by atoms with Crippen LogP contribution in [0.4, 0.5) is 0 Å². The van der Waals surface area contributed by atoms with Crippen LogP contribution in [0.2, 0.25) is 0 Å². The average Bonchev–Trinajstić information content (AvgIpc) is 3.35. The molecule has 3 fully saturated rings. The van der Waals surface area contributed by atoms with E-state index in [0.717, 1.165) is 58.4 Å². The molecule has 1 aromatic heterocycles. The second-order valence-electron chi connectivity index (χ2n) is 9.02. The lowest BCUT2D eigenvalue weighted by Crippen LogP contribution is -2.68. The Morgan fingerprint density at radius 3 is 2.73 bits per heavy atom. The molecule has 0 bridgehead atoms. The molecule has 6 nitrogen and oxygen atoms in total. The first-order chi connectivity index (χ1) is 14.0. The number of hydrogen-bond acceptors (Lipinski definition) is 5. The number of aliphatic imine (C=N–C) groups is 1. The van der Waals surface area contributed by atoms with Crippen LogP contribution in [0.25, 0.3) is 0 Å². The Kier molecular flexibility index (Phi) is 8.45. The van der Waals surface area contributed by atoms with Gasteiger partial charge in [-0.15, -0.1) is 35.3 Å². The highest BCUT2D eigenvalue weighted by Crippen LogP contribution is 2.52. The van der Waals surface area contributed by atoms with Gasteiger partial charge in [0.1, 0.15) is 0 Å². The molecule has 8 heteroatoms. The molecule has 2 N–H and O–H groups in total. The number of fused-ring (bicyclic) bond motifs is 1. The van der Waals surface area contributed by atoms with E-state index in [1.54, 1.807) is 0 Å². The summed E-state index contributed by atoms with van der Waals surface area (Å²) in [6, 6.07) is 5.21. The molecule has 2 aliphatic heterocycles. The van der Waals surface area contributed by atoms with Crippen molar-refractivity contribution in [2.24, 2.45) is 16.3 Å². The van der Waals surface area contributed by atoms with Gasteiger partial charge in [0.15, 0.2) is 5.96 Å². The van der Waals surface area contributed by atoms with Crippen molar-refractivity contribution in [3.8, 4) is 0 Å². The molecular weight excluding hydrogens is 511 g/mol. The Bertz CT molecular complexity index is 720. The number of halogens is 1. The Morgan fingerprint density at radius 1 is 1.30 bits per heavy atom. The van der Waals surface area contributed by atoms with Gasteiger partial charge in [-0.3, -0.25) is 9.89 Å². The number of aryl methyl sites for hydroxylation is 1. The molecule has 30 heavy (non-hydrogen) atoms. The van der Waals surface area contributed by atoms with Crippen LogP contribution in [0.3, 0.4) is 0 Å². The van der Waals surface area contributed by atoms with Gasteiger partial charge in [-0.1, -0.05) is 13.8 Å². The van der Waals surface area contributed by atoms with Crippen molar-refractivity contribution < 1.29 is 9.47 Å². The van der Waals surface area contributed by atoms with Gasteiger partial charge in [-0.2, -0.15) is 0 Å². The zero-order chi connectivity index (χ0) is 20.4. The fourth-order valence-electron chi connectivity index (χ4n) is 5.17. The quantitative estimate of drug-likeness (QED) is 0.324. The van der Waals surface area contributed by atoms with E-state index in [1.807, 2.05) is 11.3 Å². The first kappa shape index (κ1) is 24.2. The standard InChI is InChI=1S/C22H36N4O2S.HI/c1-5-23-21(25-19-16-8-11-28-20(16)22(19,3)4)24-14-17(18-7-6-15(2)29-18)26-9-12-27-13-10-26;/h6-7,16-17,19-20H,5,8-14H2,1-4H3,(H2,23,24,25);1H. The van der Waals surface area contributed by atoms with Crippen molar-refractivity contribution in [3.05, 3.63) is 21.9 Å². The first-order valence-electron chi connectivity index (χ1n) is 11.0. The van der Waals surface area contributed by atoms with E-state index in [0.29, 0.717) is 24.1 Å². The van der Waals surface area contributed by atoms with E-state index in [1.165, 1.54) is 9.75 Å². The van der Waals surface area contributed by atoms with Crippen LogP contribution in [-0.2, 0) is 9.47 Å². The minimum atomic E-state index is 0. The van der Waals surface area contributed by atoms with Crippen LogP contribution in [0.1, 0.15) is 43.0 Å². The summed E-state index contributed by atoms with van der Waals surface area (Å²) in [6.07, 6.45) is 1.54. The van der Waals surface area contributed by atoms with Crippen LogP contribution in [0, 0.1) is 18.3 Å². The summed E-state index contributed by atoms with van der Waals surface area (Å²) in [7, 11) is 0. The molecule has 170 valence electrons. The molecule has 1 aromatic rings. The number of thiophene rings is 1. The summed E-state index contributed by atoms with van der Waals surface area (Å²) in [5.41, 5.74) is 0.145. The fraction of sp³-hybridized carbons (Fsp3) is 0.773. The van der Waals surface area contributed by atoms with Crippen molar-refractivity contribution in [1.82, 2.24) is 15.5 Å². The third kappa shape index (κ3) is 4.98. The van der Waals surface area contributed by atoms with Gasteiger partial charge in [-0.25, -0.2) is 0 Å². The highest BCUT2D eigenvalue weighted by molar-refractivity contribution is 14.0. The Hall–Kier alpha value is -0.420. The highest BCUT2D eigenvalue weighted by atomic mass is 127. The molecule has 0 radical (unpaired) electrons. The monoisotopic (exact) mass is 548 g/mol. The molecule has 3 heterocycles. The zero-order valence-corrected chi connectivity index (χ0v) is 21.8. The SMILES string of the molecule is CCNC(=NCC(c1ccc(C)s1)N1CCOCC1)NC1C2CCOC2C1(C)C.I. The van der Waals surface area contributed by atoms with Crippen LogP contribution < -0.4 is 10.6 Å². The molecule has 0 amide bonds. The summed E-state index contributed by atoms with van der Waals surface area (Å²) in [5, 5.41) is 7.22. The third-order valence-electron chi connectivity index (χ3n) is 6.74. The maximum Gasteiger partial charge on any atom is 0.191 e. The summed E-state index contributed by atoms with van der Waals surface area (Å²) in [4.78, 5) is 10.3. The van der Waals surface area contributed by atoms with E-state index in [4.69, 9.17) is 14.5 Å². The number of nitrogens with one attached hydrogen (secondary N) is 2. The van der Waals surface area contributed by atoms with Crippen molar-refractivity contribution in [2.45, 2.75) is 52.3 Å². The van der Waals surface area contributed by atoms with Gasteiger partial charge in [-0.05, 0) is 32.4 Å². The third-order valence-corrected chi connectivity index (χ3v) is 7.84. The Morgan fingerprint density at radius 2 is 2.07 bits per heavy atom. The smallest absolute Gasteiger partial charge is 0.191 e. The van der Waals surface area contributed by atoms with Crippen molar-refractivity contribution in [2.75, 3.05) is 46.0 Å². The average molecular weight is 549 g/mol. The normalized spacial score (nSPS) is 29.5. The lowest BCUT2D eigenvalue weighted by atomic mass is 9.57. The van der Waals surface area contributed by atoms with Gasteiger partial charge in [0.05, 0.1) is 31.9 Å². The van der Waals surface area contributed by atoms with Crippen LogP contribution in [-0.4, -0.2) is 69.0 Å². The maximum absolute atomic E-state index is 5.96. The van der Waals surface area contributed by atoms with Gasteiger partial charge >= 0.3 is 0 Å². The first-order valence-corrected chi connectivity index (χ1v) is 11.9. The van der Waals surface area contributed by atoms with Gasteiger partial charge in [0.2, 0.25) is 0 Å². The molecule has 0 aromatic carbocycles. The number of nitrogens with zero attached hydrogens (tertiary/aromatic N) is 2. The highest BCUT2D eigenvalue weighted by Gasteiger charge is 2.59. The zero-order valence-electron chi connectivity index (χ0n) is 18.6. The van der Waals surface area contributed by atoms with Crippen LogP contribution in [0.15, 0.2) is 17.1 Å². The molecule has 4 atom stereocenters. The van der Waals surface area contributed by atoms with Gasteiger partial charge < -0.3 is 20.1 Å². The summed E-state index contributed by atoms with van der Waals surface area (Å²) < 4.78 is 11.5. The number of guanidine groups is 1. The Labute approximate surface area is 202 Å². The minimum absolute atomic E-state index is 0. The van der Waals surface area contributed by atoms with E-state index in [9.17, 15) is 0 Å². The minimum Gasteiger partial charge on any atom is -0.379 e. The predicted octanol–water partition coefficient (Wildman–Crippen LogP) is 3.42. The predicted molar refractivity (Wildman–Crippen MR) is 134 cm³/mol. The lowest BCUT2D eigenvalue weighted by Gasteiger charge is -2.55. The number of rotatable bonds is 6. The van der Waals surface area contributed by atoms with Crippen LogP contribution >= 0.6 is 35.3 Å². The topological polar surface area (TPSA) is 58.1 Å². The second kappa shape index (κ2) is 10.5. The summed E-state index contributed by atoms with van der Waals surface area (Å²) in [5.74, 6) is 1.53. The van der Waals surface area contributed by atoms with E-state index in [-0.39, 0.29) is 29.4 Å². The molecule has 4 unspecified atom stereocenters. The summed E-state index contributed by atoms with van der Waals surface area (Å²) in [6.45, 7) is 15.0. The van der Waals surface area contributed by atoms with E-state index >= 15 is 0 Å². The molecule has 1 saturated carbocycles. The molecule has 0 spiro atoms. The number of hydrogen-bond donors (Lipinski definition) is 2. The number of morpholine rings is 1. The molecule has 2 saturated heterocycles. The Balaban J connectivity index is 0.00000256. The van der Waals surface area contributed by atoms with E-state index < -0.39 is 0 Å². The van der Waals surface area contributed by atoms with Gasteiger partial charge in [0.25, 0.3) is 0 Å². The fourth-order valence-corrected chi connectivity index (χ4v) is 6.17. The van der Waals surface area contributed by atoms with Crippen molar-refractivity contribution >= 4 is 41.3 Å². The largest absolute Gasteiger partial charge is 0.379 e.